The van der Waals surface area contributed by atoms with Gasteiger partial charge in [0, 0.05) is 13.6 Å². The van der Waals surface area contributed by atoms with Gasteiger partial charge in [0.1, 0.15) is 10.7 Å². The van der Waals surface area contributed by atoms with E-state index < -0.39 is 0 Å². The van der Waals surface area contributed by atoms with Gasteiger partial charge >= 0.3 is 0 Å². The first-order chi connectivity index (χ1) is 6.69. The van der Waals surface area contributed by atoms with Crippen LogP contribution in [0.2, 0.25) is 0 Å². The van der Waals surface area contributed by atoms with Gasteiger partial charge in [-0.3, -0.25) is 4.79 Å². The molecular weight excluding hydrogens is 200 g/mol. The van der Waals surface area contributed by atoms with Gasteiger partial charge in [0.15, 0.2) is 5.13 Å². The Hall–Kier alpha value is -1.30. The van der Waals surface area contributed by atoms with Crippen molar-refractivity contribution in [2.24, 2.45) is 0 Å². The summed E-state index contributed by atoms with van der Waals surface area (Å²) in [5.74, 6) is 0.135. The minimum absolute atomic E-state index is 0.150. The minimum atomic E-state index is -0.150. The molecule has 0 radical (unpaired) electrons. The molecule has 0 aromatic carbocycles. The molecule has 1 aromatic heterocycles. The van der Waals surface area contributed by atoms with E-state index in [9.17, 15) is 4.79 Å². The zero-order valence-corrected chi connectivity index (χ0v) is 9.07. The van der Waals surface area contributed by atoms with Gasteiger partial charge in [-0.1, -0.05) is 18.3 Å². The number of thiazole rings is 1. The smallest absolute Gasteiger partial charge is 0.265 e. The Kier molecular flexibility index (Phi) is 3.70. The lowest BCUT2D eigenvalue weighted by molar-refractivity contribution is 0.0958. The highest BCUT2D eigenvalue weighted by molar-refractivity contribution is 7.18. The van der Waals surface area contributed by atoms with E-state index >= 15 is 0 Å². The van der Waals surface area contributed by atoms with Crippen LogP contribution in [0.4, 0.5) is 10.9 Å². The summed E-state index contributed by atoms with van der Waals surface area (Å²) in [6.45, 7) is 2.65. The van der Waals surface area contributed by atoms with Crippen molar-refractivity contribution in [3.63, 3.8) is 0 Å². The number of hydrogen-bond donors (Lipinski definition) is 3. The van der Waals surface area contributed by atoms with Crippen LogP contribution < -0.4 is 16.4 Å². The molecular formula is C8H14N4OS. The second kappa shape index (κ2) is 4.80. The van der Waals surface area contributed by atoms with E-state index in [1.807, 2.05) is 6.92 Å². The molecule has 1 amide bonds. The number of nitrogen functional groups attached to an aromatic ring is 1. The molecule has 5 nitrogen and oxygen atoms in total. The largest absolute Gasteiger partial charge is 0.382 e. The highest BCUT2D eigenvalue weighted by Gasteiger charge is 2.14. The fourth-order valence-corrected chi connectivity index (χ4v) is 1.67. The summed E-state index contributed by atoms with van der Waals surface area (Å²) in [4.78, 5) is 16.0. The molecule has 1 aromatic rings. The minimum Gasteiger partial charge on any atom is -0.382 e. The Balaban J connectivity index is 2.73. The zero-order valence-electron chi connectivity index (χ0n) is 8.26. The van der Waals surface area contributed by atoms with Gasteiger partial charge < -0.3 is 16.4 Å². The average molecular weight is 214 g/mol. The maximum atomic E-state index is 11.5. The van der Waals surface area contributed by atoms with Crippen LogP contribution >= 0.6 is 11.3 Å². The Morgan fingerprint density at radius 1 is 1.64 bits per heavy atom. The van der Waals surface area contributed by atoms with Crippen LogP contribution in [0, 0.1) is 0 Å². The van der Waals surface area contributed by atoms with Crippen LogP contribution in [-0.2, 0) is 0 Å². The van der Waals surface area contributed by atoms with Crippen molar-refractivity contribution >= 4 is 28.2 Å². The Bertz CT molecular complexity index is 323. The van der Waals surface area contributed by atoms with Crippen LogP contribution in [0.5, 0.6) is 0 Å². The van der Waals surface area contributed by atoms with Crippen molar-refractivity contribution in [3.8, 4) is 0 Å². The summed E-state index contributed by atoms with van der Waals surface area (Å²) in [7, 11) is 1.74. The SMILES string of the molecule is CCCNC(=O)c1sc(NC)nc1N. The number of nitrogens with two attached hydrogens (primary N) is 1. The molecule has 1 heterocycles. The number of anilines is 2. The van der Waals surface area contributed by atoms with Crippen LogP contribution in [0.15, 0.2) is 0 Å². The summed E-state index contributed by atoms with van der Waals surface area (Å²) in [6.07, 6.45) is 0.906. The summed E-state index contributed by atoms with van der Waals surface area (Å²) in [5, 5.41) is 6.25. The highest BCUT2D eigenvalue weighted by Crippen LogP contribution is 2.23. The molecule has 0 aliphatic carbocycles. The molecule has 14 heavy (non-hydrogen) atoms. The molecule has 6 heteroatoms. The second-order valence-corrected chi connectivity index (χ2v) is 3.74. The van der Waals surface area contributed by atoms with Gasteiger partial charge in [-0.15, -0.1) is 0 Å². The third-order valence-corrected chi connectivity index (χ3v) is 2.70. The van der Waals surface area contributed by atoms with Crippen molar-refractivity contribution in [2.75, 3.05) is 24.6 Å². The molecule has 4 N–H and O–H groups in total. The number of hydrogen-bond acceptors (Lipinski definition) is 5. The Morgan fingerprint density at radius 3 is 2.86 bits per heavy atom. The molecule has 0 atom stereocenters. The number of carbonyl (C=O) groups is 1. The zero-order chi connectivity index (χ0) is 10.6. The van der Waals surface area contributed by atoms with E-state index in [4.69, 9.17) is 5.73 Å². The summed E-state index contributed by atoms with van der Waals surface area (Å²) >= 11 is 1.26. The number of aromatic nitrogens is 1. The lowest BCUT2D eigenvalue weighted by Crippen LogP contribution is -2.23. The first kappa shape index (κ1) is 10.8. The molecule has 0 unspecified atom stereocenters. The fourth-order valence-electron chi connectivity index (χ4n) is 0.920. The first-order valence-electron chi connectivity index (χ1n) is 4.41. The van der Waals surface area contributed by atoms with Crippen molar-refractivity contribution in [3.05, 3.63) is 4.88 Å². The lowest BCUT2D eigenvalue weighted by Gasteiger charge is -1.99. The number of carbonyl (C=O) groups excluding carboxylic acids is 1. The molecule has 78 valence electrons. The average Bonchev–Trinajstić information content (AvgIpc) is 2.56. The second-order valence-electron chi connectivity index (χ2n) is 2.74. The van der Waals surface area contributed by atoms with Gasteiger partial charge in [0.05, 0.1) is 0 Å². The Morgan fingerprint density at radius 2 is 2.36 bits per heavy atom. The predicted octanol–water partition coefficient (Wildman–Crippen LogP) is 0.907. The molecule has 0 bridgehead atoms. The van der Waals surface area contributed by atoms with Crippen molar-refractivity contribution < 1.29 is 4.79 Å². The number of amides is 1. The van der Waals surface area contributed by atoms with Gasteiger partial charge in [0.2, 0.25) is 0 Å². The first-order valence-corrected chi connectivity index (χ1v) is 5.23. The number of nitrogens with zero attached hydrogens (tertiary/aromatic N) is 1. The summed E-state index contributed by atoms with van der Waals surface area (Å²) in [6, 6.07) is 0. The molecule has 0 aliphatic rings. The van der Waals surface area contributed by atoms with Gasteiger partial charge in [-0.25, -0.2) is 4.98 Å². The van der Waals surface area contributed by atoms with Crippen molar-refractivity contribution in [1.29, 1.82) is 0 Å². The monoisotopic (exact) mass is 214 g/mol. The lowest BCUT2D eigenvalue weighted by atomic mass is 10.4. The maximum absolute atomic E-state index is 11.5. The molecule has 0 saturated carbocycles. The van der Waals surface area contributed by atoms with E-state index in [0.717, 1.165) is 6.42 Å². The highest BCUT2D eigenvalue weighted by atomic mass is 32.1. The quantitative estimate of drug-likeness (QED) is 0.696. The predicted molar refractivity (Wildman–Crippen MR) is 58.7 cm³/mol. The number of nitrogens with one attached hydrogen (secondary N) is 2. The topological polar surface area (TPSA) is 80.0 Å². The summed E-state index contributed by atoms with van der Waals surface area (Å²) in [5.41, 5.74) is 5.59. The molecule has 0 fully saturated rings. The maximum Gasteiger partial charge on any atom is 0.265 e. The standard InChI is InChI=1S/C8H14N4OS/c1-3-4-11-7(13)5-6(9)12-8(10-2)14-5/h3-4,9H2,1-2H3,(H,10,12)(H,11,13). The third-order valence-electron chi connectivity index (χ3n) is 1.61. The van der Waals surface area contributed by atoms with Gasteiger partial charge in [-0.05, 0) is 6.42 Å². The van der Waals surface area contributed by atoms with E-state index in [-0.39, 0.29) is 11.7 Å². The van der Waals surface area contributed by atoms with Crippen LogP contribution in [0.3, 0.4) is 0 Å². The molecule has 0 aliphatic heterocycles. The van der Waals surface area contributed by atoms with Gasteiger partial charge in [-0.2, -0.15) is 0 Å². The molecule has 0 spiro atoms. The number of rotatable bonds is 4. The van der Waals surface area contributed by atoms with E-state index in [2.05, 4.69) is 15.6 Å². The van der Waals surface area contributed by atoms with E-state index in [0.29, 0.717) is 16.6 Å². The van der Waals surface area contributed by atoms with Crippen LogP contribution in [0.1, 0.15) is 23.0 Å². The van der Waals surface area contributed by atoms with Gasteiger partial charge in [0.25, 0.3) is 5.91 Å². The van der Waals surface area contributed by atoms with Crippen LogP contribution in [0.25, 0.3) is 0 Å². The fraction of sp³-hybridized carbons (Fsp3) is 0.500. The van der Waals surface area contributed by atoms with E-state index in [1.54, 1.807) is 7.05 Å². The van der Waals surface area contributed by atoms with E-state index in [1.165, 1.54) is 11.3 Å². The normalized spacial score (nSPS) is 9.86. The molecule has 1 rings (SSSR count). The summed E-state index contributed by atoms with van der Waals surface area (Å²) < 4.78 is 0. The van der Waals surface area contributed by atoms with Crippen molar-refractivity contribution in [1.82, 2.24) is 10.3 Å². The molecule has 0 saturated heterocycles. The third kappa shape index (κ3) is 2.35. The van der Waals surface area contributed by atoms with Crippen molar-refractivity contribution in [2.45, 2.75) is 13.3 Å². The Labute approximate surface area is 86.7 Å². The van der Waals surface area contributed by atoms with Crippen LogP contribution in [-0.4, -0.2) is 24.5 Å².